The third-order valence-corrected chi connectivity index (χ3v) is 3.90. The van der Waals surface area contributed by atoms with Crippen molar-refractivity contribution in [2.75, 3.05) is 0 Å². The number of hydrogen-bond donors (Lipinski definition) is 1. The monoisotopic (exact) mass is 304 g/mol. The molecule has 0 atom stereocenters. The Bertz CT molecular complexity index is 604. The SMILES string of the molecule is Cc1c(Br)cc(O)c(C(=O)c2ccccc2)c1C. The molecule has 2 nitrogen and oxygen atoms in total. The molecule has 0 unspecified atom stereocenters. The number of carbonyl (C=O) groups is 1. The molecule has 2 rings (SSSR count). The molecule has 2 aromatic rings. The molecular weight excluding hydrogens is 292 g/mol. The summed E-state index contributed by atoms with van der Waals surface area (Å²) in [5.74, 6) is -0.139. The predicted octanol–water partition coefficient (Wildman–Crippen LogP) is 4.00. The molecular formula is C15H13BrO2. The van der Waals surface area contributed by atoms with Gasteiger partial charge in [-0.25, -0.2) is 0 Å². The van der Waals surface area contributed by atoms with E-state index in [-0.39, 0.29) is 11.5 Å². The standard InChI is InChI=1S/C15H13BrO2/c1-9-10(2)14(13(17)8-12(9)16)15(18)11-6-4-3-5-7-11/h3-8,17H,1-2H3. The predicted molar refractivity (Wildman–Crippen MR) is 75.2 cm³/mol. The van der Waals surface area contributed by atoms with Crippen LogP contribution in [0.25, 0.3) is 0 Å². The molecule has 1 N–H and O–H groups in total. The van der Waals surface area contributed by atoms with Crippen molar-refractivity contribution in [1.82, 2.24) is 0 Å². The van der Waals surface area contributed by atoms with Crippen molar-refractivity contribution in [3.05, 3.63) is 63.1 Å². The van der Waals surface area contributed by atoms with E-state index in [2.05, 4.69) is 15.9 Å². The molecule has 2 aromatic carbocycles. The first-order valence-electron chi connectivity index (χ1n) is 5.60. The molecule has 18 heavy (non-hydrogen) atoms. The molecule has 0 bridgehead atoms. The molecule has 92 valence electrons. The Hall–Kier alpha value is -1.61. The lowest BCUT2D eigenvalue weighted by Crippen LogP contribution is -2.05. The van der Waals surface area contributed by atoms with Crippen LogP contribution in [0.5, 0.6) is 5.75 Å². The summed E-state index contributed by atoms with van der Waals surface area (Å²) in [5, 5.41) is 9.98. The Labute approximate surface area is 114 Å². The van der Waals surface area contributed by atoms with Gasteiger partial charge in [0.15, 0.2) is 5.78 Å². The van der Waals surface area contributed by atoms with Crippen molar-refractivity contribution in [2.24, 2.45) is 0 Å². The van der Waals surface area contributed by atoms with E-state index < -0.39 is 0 Å². The fourth-order valence-electron chi connectivity index (χ4n) is 1.88. The van der Waals surface area contributed by atoms with Crippen LogP contribution in [0, 0.1) is 13.8 Å². The minimum atomic E-state index is -0.152. The molecule has 3 heteroatoms. The van der Waals surface area contributed by atoms with Gasteiger partial charge in [0.25, 0.3) is 0 Å². The number of phenols is 1. The van der Waals surface area contributed by atoms with E-state index in [9.17, 15) is 9.90 Å². The van der Waals surface area contributed by atoms with Crippen molar-refractivity contribution < 1.29 is 9.90 Å². The normalized spacial score (nSPS) is 10.4. The van der Waals surface area contributed by atoms with Gasteiger partial charge in [-0.1, -0.05) is 46.3 Å². The van der Waals surface area contributed by atoms with Crippen LogP contribution in [0.2, 0.25) is 0 Å². The minimum absolute atomic E-state index is 0.0128. The lowest BCUT2D eigenvalue weighted by Gasteiger charge is -2.12. The number of benzene rings is 2. The first kappa shape index (κ1) is 12.8. The number of ketones is 1. The van der Waals surface area contributed by atoms with Gasteiger partial charge in [-0.05, 0) is 31.0 Å². The Morgan fingerprint density at radius 2 is 1.72 bits per heavy atom. The van der Waals surface area contributed by atoms with E-state index in [1.165, 1.54) is 0 Å². The molecule has 0 aromatic heterocycles. The summed E-state index contributed by atoms with van der Waals surface area (Å²) in [4.78, 5) is 12.4. The second-order valence-electron chi connectivity index (χ2n) is 4.20. The Kier molecular flexibility index (Phi) is 3.53. The molecule has 0 heterocycles. The highest BCUT2D eigenvalue weighted by Crippen LogP contribution is 2.32. The molecule has 0 amide bonds. The second kappa shape index (κ2) is 4.94. The van der Waals surface area contributed by atoms with Crippen LogP contribution in [-0.2, 0) is 0 Å². The zero-order chi connectivity index (χ0) is 13.3. The maximum atomic E-state index is 12.4. The molecule has 0 aliphatic rings. The number of halogens is 1. The van der Waals surface area contributed by atoms with E-state index in [1.54, 1.807) is 18.2 Å². The van der Waals surface area contributed by atoms with Gasteiger partial charge < -0.3 is 5.11 Å². The minimum Gasteiger partial charge on any atom is -0.507 e. The highest BCUT2D eigenvalue weighted by atomic mass is 79.9. The molecule has 0 aliphatic carbocycles. The highest BCUT2D eigenvalue weighted by molar-refractivity contribution is 9.10. The molecule has 0 saturated carbocycles. The topological polar surface area (TPSA) is 37.3 Å². The first-order valence-corrected chi connectivity index (χ1v) is 6.40. The molecule has 0 aliphatic heterocycles. The molecule has 0 fully saturated rings. The number of hydrogen-bond acceptors (Lipinski definition) is 2. The van der Waals surface area contributed by atoms with Gasteiger partial charge in [-0.2, -0.15) is 0 Å². The van der Waals surface area contributed by atoms with Crippen LogP contribution < -0.4 is 0 Å². The lowest BCUT2D eigenvalue weighted by molar-refractivity contribution is 0.103. The van der Waals surface area contributed by atoms with Gasteiger partial charge >= 0.3 is 0 Å². The van der Waals surface area contributed by atoms with Crippen LogP contribution in [-0.4, -0.2) is 10.9 Å². The van der Waals surface area contributed by atoms with Crippen molar-refractivity contribution >= 4 is 21.7 Å². The van der Waals surface area contributed by atoms with E-state index in [1.807, 2.05) is 32.0 Å². The number of aromatic hydroxyl groups is 1. The summed E-state index contributed by atoms with van der Waals surface area (Å²) in [6, 6.07) is 10.5. The van der Waals surface area contributed by atoms with Gasteiger partial charge in [0.05, 0.1) is 5.56 Å². The first-order chi connectivity index (χ1) is 8.52. The van der Waals surface area contributed by atoms with Crippen molar-refractivity contribution in [2.45, 2.75) is 13.8 Å². The zero-order valence-electron chi connectivity index (χ0n) is 10.2. The number of carbonyl (C=O) groups excluding carboxylic acids is 1. The van der Waals surface area contributed by atoms with Crippen molar-refractivity contribution in [1.29, 1.82) is 0 Å². The summed E-state index contributed by atoms with van der Waals surface area (Å²) in [7, 11) is 0. The number of phenolic OH excluding ortho intramolecular Hbond substituents is 1. The van der Waals surface area contributed by atoms with Gasteiger partial charge in [-0.15, -0.1) is 0 Å². The van der Waals surface area contributed by atoms with Gasteiger partial charge in [0, 0.05) is 10.0 Å². The molecule has 0 spiro atoms. The third kappa shape index (κ3) is 2.18. The summed E-state index contributed by atoms with van der Waals surface area (Å²) in [6.45, 7) is 3.76. The fourth-order valence-corrected chi connectivity index (χ4v) is 2.39. The van der Waals surface area contributed by atoms with Crippen LogP contribution in [0.15, 0.2) is 40.9 Å². The summed E-state index contributed by atoms with van der Waals surface area (Å²) >= 11 is 3.37. The second-order valence-corrected chi connectivity index (χ2v) is 5.05. The Balaban J connectivity index is 2.59. The molecule has 0 saturated heterocycles. The van der Waals surface area contributed by atoms with Crippen LogP contribution >= 0.6 is 15.9 Å². The summed E-state index contributed by atoms with van der Waals surface area (Å²) in [5.41, 5.74) is 2.72. The van der Waals surface area contributed by atoms with E-state index in [4.69, 9.17) is 0 Å². The Morgan fingerprint density at radius 3 is 2.33 bits per heavy atom. The molecule has 0 radical (unpaired) electrons. The average molecular weight is 305 g/mol. The number of rotatable bonds is 2. The van der Waals surface area contributed by atoms with Crippen molar-refractivity contribution in [3.63, 3.8) is 0 Å². The van der Waals surface area contributed by atoms with Gasteiger partial charge in [0.2, 0.25) is 0 Å². The smallest absolute Gasteiger partial charge is 0.197 e. The lowest BCUT2D eigenvalue weighted by atomic mass is 9.95. The fraction of sp³-hybridized carbons (Fsp3) is 0.133. The van der Waals surface area contributed by atoms with Crippen molar-refractivity contribution in [3.8, 4) is 5.75 Å². The summed E-state index contributed by atoms with van der Waals surface area (Å²) in [6.07, 6.45) is 0. The van der Waals surface area contributed by atoms with Crippen LogP contribution in [0.4, 0.5) is 0 Å². The largest absolute Gasteiger partial charge is 0.507 e. The average Bonchev–Trinajstić information content (AvgIpc) is 2.37. The maximum absolute atomic E-state index is 12.4. The van der Waals surface area contributed by atoms with Gasteiger partial charge in [0.1, 0.15) is 5.75 Å². The highest BCUT2D eigenvalue weighted by Gasteiger charge is 2.18. The zero-order valence-corrected chi connectivity index (χ0v) is 11.8. The Morgan fingerprint density at radius 1 is 1.11 bits per heavy atom. The summed E-state index contributed by atoms with van der Waals surface area (Å²) < 4.78 is 0.808. The maximum Gasteiger partial charge on any atom is 0.197 e. The quantitative estimate of drug-likeness (QED) is 0.851. The van der Waals surface area contributed by atoms with E-state index in [0.717, 1.165) is 15.6 Å². The third-order valence-electron chi connectivity index (χ3n) is 3.08. The van der Waals surface area contributed by atoms with Crippen LogP contribution in [0.1, 0.15) is 27.0 Å². The van der Waals surface area contributed by atoms with E-state index >= 15 is 0 Å². The van der Waals surface area contributed by atoms with Gasteiger partial charge in [-0.3, -0.25) is 4.79 Å². The van der Waals surface area contributed by atoms with Crippen LogP contribution in [0.3, 0.4) is 0 Å². The van der Waals surface area contributed by atoms with E-state index in [0.29, 0.717) is 11.1 Å².